The maximum Gasteiger partial charge on any atom is 0.193 e. The number of phenolic OH excluding ortho intramolecular Hbond substituents is 1. The first-order chi connectivity index (χ1) is 15.4. The second-order valence-corrected chi connectivity index (χ2v) is 9.01. The topological polar surface area (TPSA) is 37.3 Å². The summed E-state index contributed by atoms with van der Waals surface area (Å²) in [5.41, 5.74) is 0.770. The third-order valence-electron chi connectivity index (χ3n) is 4.51. The summed E-state index contributed by atoms with van der Waals surface area (Å²) in [6.07, 6.45) is 0. The van der Waals surface area contributed by atoms with Crippen molar-refractivity contribution in [3.63, 3.8) is 0 Å². The van der Waals surface area contributed by atoms with Crippen LogP contribution >= 0.6 is 23.5 Å². The molecule has 0 aliphatic carbocycles. The van der Waals surface area contributed by atoms with Crippen molar-refractivity contribution < 1.29 is 23.1 Å². The van der Waals surface area contributed by atoms with Crippen LogP contribution in [0.15, 0.2) is 105 Å². The summed E-state index contributed by atoms with van der Waals surface area (Å²) in [6.45, 7) is 0. The Morgan fingerprint density at radius 3 is 1.81 bits per heavy atom. The monoisotopic (exact) mass is 468 g/mol. The number of rotatable bonds is 6. The fraction of sp³-hybridized carbons (Fsp3) is 0. The van der Waals surface area contributed by atoms with Crippen molar-refractivity contribution in [2.75, 3.05) is 0 Å². The van der Waals surface area contributed by atoms with Crippen LogP contribution in [-0.4, -0.2) is 10.9 Å². The van der Waals surface area contributed by atoms with Gasteiger partial charge in [-0.05, 0) is 54.6 Å². The number of halogens is 3. The van der Waals surface area contributed by atoms with E-state index in [0.29, 0.717) is 15.4 Å². The lowest BCUT2D eigenvalue weighted by molar-refractivity contribution is 0.103. The molecule has 2 nitrogen and oxygen atoms in total. The summed E-state index contributed by atoms with van der Waals surface area (Å²) >= 11 is 2.34. The summed E-state index contributed by atoms with van der Waals surface area (Å²) in [7, 11) is 0. The molecule has 4 aromatic carbocycles. The maximum absolute atomic E-state index is 14.6. The van der Waals surface area contributed by atoms with Gasteiger partial charge in [-0.15, -0.1) is 0 Å². The van der Waals surface area contributed by atoms with Gasteiger partial charge in [-0.25, -0.2) is 13.2 Å². The van der Waals surface area contributed by atoms with Gasteiger partial charge in [0.15, 0.2) is 23.2 Å². The van der Waals surface area contributed by atoms with Gasteiger partial charge in [0, 0.05) is 30.7 Å². The summed E-state index contributed by atoms with van der Waals surface area (Å²) in [5.74, 6) is -3.79. The molecule has 0 spiro atoms. The molecule has 7 heteroatoms. The predicted octanol–water partition coefficient (Wildman–Crippen LogP) is 7.34. The second kappa shape index (κ2) is 9.54. The van der Waals surface area contributed by atoms with E-state index in [4.69, 9.17) is 0 Å². The molecule has 32 heavy (non-hydrogen) atoms. The molecule has 0 amide bonds. The van der Waals surface area contributed by atoms with Gasteiger partial charge in [0.1, 0.15) is 5.82 Å². The summed E-state index contributed by atoms with van der Waals surface area (Å²) in [5, 5.41) is 9.19. The fourth-order valence-corrected chi connectivity index (χ4v) is 4.61. The maximum atomic E-state index is 14.6. The Morgan fingerprint density at radius 2 is 1.22 bits per heavy atom. The highest BCUT2D eigenvalue weighted by atomic mass is 32.2. The summed E-state index contributed by atoms with van der Waals surface area (Å²) in [4.78, 5) is 14.6. The van der Waals surface area contributed by atoms with Gasteiger partial charge < -0.3 is 5.11 Å². The van der Waals surface area contributed by atoms with Gasteiger partial charge in [-0.1, -0.05) is 53.9 Å². The molecule has 0 aromatic heterocycles. The zero-order valence-electron chi connectivity index (χ0n) is 16.4. The zero-order valence-corrected chi connectivity index (χ0v) is 18.0. The van der Waals surface area contributed by atoms with E-state index in [0.717, 1.165) is 33.7 Å². The van der Waals surface area contributed by atoms with Crippen molar-refractivity contribution in [1.82, 2.24) is 0 Å². The molecule has 0 fully saturated rings. The second-order valence-electron chi connectivity index (χ2n) is 6.75. The Balaban J connectivity index is 1.46. The van der Waals surface area contributed by atoms with Gasteiger partial charge in [0.2, 0.25) is 0 Å². The molecule has 0 saturated carbocycles. The van der Waals surface area contributed by atoms with E-state index in [1.807, 2.05) is 6.07 Å². The molecule has 1 N–H and O–H groups in total. The Kier molecular flexibility index (Phi) is 6.58. The van der Waals surface area contributed by atoms with Crippen LogP contribution in [0.3, 0.4) is 0 Å². The molecular formula is C25H15F3O2S2. The van der Waals surface area contributed by atoms with Crippen LogP contribution in [0.2, 0.25) is 0 Å². The Morgan fingerprint density at radius 1 is 0.625 bits per heavy atom. The Hall–Kier alpha value is -3.16. The van der Waals surface area contributed by atoms with E-state index in [-0.39, 0.29) is 11.3 Å². The first kappa shape index (κ1) is 22.0. The molecule has 0 atom stereocenters. The average Bonchev–Trinajstić information content (AvgIpc) is 2.80. The van der Waals surface area contributed by atoms with Crippen LogP contribution in [0, 0.1) is 17.5 Å². The minimum Gasteiger partial charge on any atom is -0.503 e. The van der Waals surface area contributed by atoms with Gasteiger partial charge in [0.25, 0.3) is 0 Å². The van der Waals surface area contributed by atoms with Crippen LogP contribution in [0.1, 0.15) is 15.9 Å². The van der Waals surface area contributed by atoms with E-state index in [1.165, 1.54) is 17.8 Å². The fourth-order valence-electron chi connectivity index (χ4n) is 2.92. The highest BCUT2D eigenvalue weighted by Gasteiger charge is 2.13. The van der Waals surface area contributed by atoms with E-state index in [2.05, 4.69) is 0 Å². The quantitative estimate of drug-likeness (QED) is 0.300. The highest BCUT2D eigenvalue weighted by Crippen LogP contribution is 2.35. The van der Waals surface area contributed by atoms with Crippen molar-refractivity contribution in [3.05, 3.63) is 114 Å². The largest absolute Gasteiger partial charge is 0.503 e. The van der Waals surface area contributed by atoms with Crippen molar-refractivity contribution in [2.45, 2.75) is 19.6 Å². The highest BCUT2D eigenvalue weighted by molar-refractivity contribution is 7.99. The molecule has 0 aliphatic heterocycles. The van der Waals surface area contributed by atoms with Crippen molar-refractivity contribution in [1.29, 1.82) is 0 Å². The van der Waals surface area contributed by atoms with Gasteiger partial charge in [0.05, 0.1) is 0 Å². The molecule has 0 unspecified atom stereocenters. The normalized spacial score (nSPS) is 10.8. The lowest BCUT2D eigenvalue weighted by atomic mass is 10.0. The number of aromatic hydroxyl groups is 1. The number of carbonyl (C=O) groups excluding carboxylic acids is 1. The smallest absolute Gasteiger partial charge is 0.193 e. The number of benzene rings is 4. The Labute approximate surface area is 191 Å². The molecule has 160 valence electrons. The van der Waals surface area contributed by atoms with Crippen molar-refractivity contribution >= 4 is 29.3 Å². The first-order valence-electron chi connectivity index (χ1n) is 9.44. The number of hydrogen-bond acceptors (Lipinski definition) is 4. The number of carbonyl (C=O) groups is 1. The van der Waals surface area contributed by atoms with Crippen LogP contribution in [0.25, 0.3) is 0 Å². The van der Waals surface area contributed by atoms with E-state index < -0.39 is 23.2 Å². The molecule has 0 aliphatic rings. The predicted molar refractivity (Wildman–Crippen MR) is 119 cm³/mol. The van der Waals surface area contributed by atoms with Crippen molar-refractivity contribution in [2.24, 2.45) is 0 Å². The van der Waals surface area contributed by atoms with Crippen LogP contribution < -0.4 is 0 Å². The molecule has 0 heterocycles. The van der Waals surface area contributed by atoms with E-state index in [1.54, 1.807) is 60.7 Å². The van der Waals surface area contributed by atoms with Crippen LogP contribution in [-0.2, 0) is 0 Å². The first-order valence-corrected chi connectivity index (χ1v) is 11.1. The number of hydrogen-bond donors (Lipinski definition) is 1. The lowest BCUT2D eigenvalue weighted by Gasteiger charge is -2.08. The molecule has 4 aromatic rings. The summed E-state index contributed by atoms with van der Waals surface area (Å²) in [6, 6.07) is 22.2. The number of ketones is 1. The van der Waals surface area contributed by atoms with Crippen LogP contribution in [0.4, 0.5) is 13.2 Å². The molecule has 0 saturated heterocycles. The minimum absolute atomic E-state index is 0.246. The molecule has 0 bridgehead atoms. The number of phenols is 1. The average molecular weight is 469 g/mol. The lowest BCUT2D eigenvalue weighted by Crippen LogP contribution is -2.01. The molecule has 4 rings (SSSR count). The third kappa shape index (κ3) is 5.00. The third-order valence-corrected chi connectivity index (χ3v) is 6.55. The van der Waals surface area contributed by atoms with E-state index >= 15 is 0 Å². The zero-order chi connectivity index (χ0) is 22.7. The van der Waals surface area contributed by atoms with Gasteiger partial charge in [-0.3, -0.25) is 4.79 Å². The van der Waals surface area contributed by atoms with Gasteiger partial charge in [-0.2, -0.15) is 0 Å². The Bertz CT molecular complexity index is 1250. The molecule has 0 radical (unpaired) electrons. The van der Waals surface area contributed by atoms with Crippen LogP contribution in [0.5, 0.6) is 5.75 Å². The van der Waals surface area contributed by atoms with Gasteiger partial charge >= 0.3 is 0 Å². The van der Waals surface area contributed by atoms with E-state index in [9.17, 15) is 23.1 Å². The van der Waals surface area contributed by atoms with Crippen molar-refractivity contribution in [3.8, 4) is 5.75 Å². The SMILES string of the molecule is O=C(c1ccccc1)c1ccc(Sc2ccc(Sc3cc(F)c(O)c(F)c3)cc2)c(F)c1. The molecular weight excluding hydrogens is 453 g/mol. The minimum atomic E-state index is -1.02. The standard InChI is InChI=1S/C25H15F3O2S2/c26-20-12-16(24(29)15-4-2-1-3-5-15)6-11-23(20)32-18-9-7-17(8-10-18)31-19-13-21(27)25(30)22(28)14-19/h1-14,30H. The summed E-state index contributed by atoms with van der Waals surface area (Å²) < 4.78 is 41.6.